The fraction of sp³-hybridized carbons (Fsp3) is 0. The molecule has 1 heterocycles. The lowest BCUT2D eigenvalue weighted by molar-refractivity contribution is 0.479. The first-order valence-corrected chi connectivity index (χ1v) is 8.46. The van der Waals surface area contributed by atoms with E-state index in [-0.39, 0.29) is 16.1 Å². The van der Waals surface area contributed by atoms with Gasteiger partial charge in [-0.2, -0.15) is 16.8 Å². The smallest absolute Gasteiger partial charge is 0.298 e. The van der Waals surface area contributed by atoms with Crippen LogP contribution in [0.4, 0.5) is 0 Å². The van der Waals surface area contributed by atoms with Gasteiger partial charge in [-0.3, -0.25) is 9.11 Å². The number of rotatable bonds is 2. The molecule has 7 nitrogen and oxygen atoms in total. The van der Waals surface area contributed by atoms with Gasteiger partial charge in [-0.1, -0.05) is 12.1 Å². The minimum atomic E-state index is -4.48. The van der Waals surface area contributed by atoms with Gasteiger partial charge in [-0.05, 0) is 18.2 Å². The van der Waals surface area contributed by atoms with E-state index in [2.05, 4.69) is 0 Å². The van der Waals surface area contributed by atoms with Crippen molar-refractivity contribution in [3.8, 4) is 0 Å². The van der Waals surface area contributed by atoms with Crippen LogP contribution in [-0.2, 0) is 20.2 Å². The predicted molar refractivity (Wildman–Crippen MR) is 73.3 cm³/mol. The van der Waals surface area contributed by atoms with Crippen LogP contribution in [0, 0.1) is 0 Å². The van der Waals surface area contributed by atoms with Gasteiger partial charge < -0.3 is 4.42 Å². The maximum atomic E-state index is 11.3. The topological polar surface area (TPSA) is 122 Å². The first-order valence-electron chi connectivity index (χ1n) is 5.58. The van der Waals surface area contributed by atoms with Crippen molar-refractivity contribution in [2.24, 2.45) is 0 Å². The zero-order valence-corrected chi connectivity index (χ0v) is 11.8. The van der Waals surface area contributed by atoms with E-state index < -0.39 is 25.1 Å². The molecule has 0 aliphatic carbocycles. The SMILES string of the molecule is O=S(=O)(O)c1ccc2c(c1)oc1c(S(=O)(=O)O)cccc12. The maximum Gasteiger partial charge on any atom is 0.298 e. The van der Waals surface area contributed by atoms with Crippen LogP contribution >= 0.6 is 0 Å². The Hall–Kier alpha value is -1.94. The molecule has 21 heavy (non-hydrogen) atoms. The Labute approximate surface area is 119 Å². The van der Waals surface area contributed by atoms with Gasteiger partial charge in [0.15, 0.2) is 5.58 Å². The van der Waals surface area contributed by atoms with Crippen LogP contribution in [0.2, 0.25) is 0 Å². The highest BCUT2D eigenvalue weighted by Crippen LogP contribution is 2.33. The molecule has 0 spiro atoms. The summed E-state index contributed by atoms with van der Waals surface area (Å²) in [5.74, 6) is 0. The normalized spacial score (nSPS) is 13.0. The van der Waals surface area contributed by atoms with Gasteiger partial charge in [0, 0.05) is 16.8 Å². The van der Waals surface area contributed by atoms with Crippen LogP contribution in [0.3, 0.4) is 0 Å². The molecule has 0 saturated carbocycles. The highest BCUT2D eigenvalue weighted by molar-refractivity contribution is 7.86. The summed E-state index contributed by atoms with van der Waals surface area (Å²) < 4.78 is 68.3. The molecule has 0 saturated heterocycles. The Bertz CT molecular complexity index is 1080. The van der Waals surface area contributed by atoms with Crippen LogP contribution in [0.1, 0.15) is 0 Å². The van der Waals surface area contributed by atoms with Gasteiger partial charge in [-0.15, -0.1) is 0 Å². The molecule has 0 fully saturated rings. The monoisotopic (exact) mass is 328 g/mol. The lowest BCUT2D eigenvalue weighted by Crippen LogP contribution is -1.97. The molecule has 0 bridgehead atoms. The van der Waals surface area contributed by atoms with E-state index in [9.17, 15) is 21.4 Å². The fourth-order valence-electron chi connectivity index (χ4n) is 2.12. The molecule has 1 aromatic heterocycles. The molecule has 3 rings (SSSR count). The molecule has 0 atom stereocenters. The minimum absolute atomic E-state index is 0.0798. The van der Waals surface area contributed by atoms with Crippen LogP contribution in [-0.4, -0.2) is 25.9 Å². The summed E-state index contributed by atoms with van der Waals surface area (Å²) in [6.07, 6.45) is 0. The molecular formula is C12H8O7S2. The first-order chi connectivity index (χ1) is 9.68. The first kappa shape index (κ1) is 14.0. The summed E-state index contributed by atoms with van der Waals surface area (Å²) in [5, 5.41) is 0.866. The Morgan fingerprint density at radius 2 is 1.57 bits per heavy atom. The quantitative estimate of drug-likeness (QED) is 0.690. The molecule has 3 aromatic rings. The second-order valence-corrected chi connectivity index (χ2v) is 7.15. The minimum Gasteiger partial charge on any atom is -0.455 e. The van der Waals surface area contributed by atoms with Gasteiger partial charge in [0.2, 0.25) is 0 Å². The van der Waals surface area contributed by atoms with Crippen molar-refractivity contribution in [1.82, 2.24) is 0 Å². The molecule has 110 valence electrons. The van der Waals surface area contributed by atoms with E-state index in [1.54, 1.807) is 6.07 Å². The zero-order chi connectivity index (χ0) is 15.4. The average Bonchev–Trinajstić information content (AvgIpc) is 2.73. The van der Waals surface area contributed by atoms with Crippen molar-refractivity contribution in [2.75, 3.05) is 0 Å². The van der Waals surface area contributed by atoms with Crippen LogP contribution in [0.25, 0.3) is 21.9 Å². The molecule has 9 heteroatoms. The molecule has 2 N–H and O–H groups in total. The van der Waals surface area contributed by atoms with Crippen molar-refractivity contribution >= 4 is 42.2 Å². The summed E-state index contributed by atoms with van der Waals surface area (Å²) in [7, 11) is -8.87. The predicted octanol–water partition coefficient (Wildman–Crippen LogP) is 2.08. The Balaban J connectivity index is 2.45. The average molecular weight is 328 g/mol. The van der Waals surface area contributed by atoms with Crippen molar-refractivity contribution in [3.63, 3.8) is 0 Å². The molecule has 0 unspecified atom stereocenters. The Kier molecular flexibility index (Phi) is 2.85. The summed E-state index contributed by atoms with van der Waals surface area (Å²) in [4.78, 5) is -0.785. The standard InChI is InChI=1S/C12H8O7S2/c13-20(14,15)7-4-5-8-9-2-1-3-11(21(16,17)18)12(9)19-10(8)6-7/h1-6H,(H,13,14,15)(H,16,17,18). The van der Waals surface area contributed by atoms with Crippen LogP contribution < -0.4 is 0 Å². The lowest BCUT2D eigenvalue weighted by Gasteiger charge is -1.96. The fourth-order valence-corrected chi connectivity index (χ4v) is 3.25. The third-order valence-corrected chi connectivity index (χ3v) is 4.74. The van der Waals surface area contributed by atoms with Gasteiger partial charge in [0.1, 0.15) is 10.5 Å². The number of fused-ring (bicyclic) bond motifs is 3. The third-order valence-electron chi connectivity index (χ3n) is 3.01. The van der Waals surface area contributed by atoms with Gasteiger partial charge >= 0.3 is 0 Å². The number of benzene rings is 2. The van der Waals surface area contributed by atoms with E-state index in [1.165, 1.54) is 24.3 Å². The van der Waals surface area contributed by atoms with Crippen molar-refractivity contribution in [2.45, 2.75) is 9.79 Å². The molecule has 0 aliphatic heterocycles. The summed E-state index contributed by atoms with van der Waals surface area (Å²) in [5.41, 5.74) is -0.00119. The van der Waals surface area contributed by atoms with Gasteiger partial charge in [0.25, 0.3) is 20.2 Å². The van der Waals surface area contributed by atoms with Crippen molar-refractivity contribution in [3.05, 3.63) is 36.4 Å². The van der Waals surface area contributed by atoms with Gasteiger partial charge in [-0.25, -0.2) is 0 Å². The van der Waals surface area contributed by atoms with Gasteiger partial charge in [0.05, 0.1) is 4.90 Å². The molecule has 0 amide bonds. The summed E-state index contributed by atoms with van der Waals surface area (Å²) in [6, 6.07) is 7.81. The third kappa shape index (κ3) is 2.29. The zero-order valence-electron chi connectivity index (χ0n) is 10.2. The number of hydrogen-bond acceptors (Lipinski definition) is 5. The van der Waals surface area contributed by atoms with Crippen LogP contribution in [0.15, 0.2) is 50.6 Å². The van der Waals surface area contributed by atoms with E-state index in [0.717, 1.165) is 6.07 Å². The highest BCUT2D eigenvalue weighted by Gasteiger charge is 2.20. The molecule has 0 radical (unpaired) electrons. The number of hydrogen-bond donors (Lipinski definition) is 2. The second-order valence-electron chi connectivity index (χ2n) is 4.34. The highest BCUT2D eigenvalue weighted by atomic mass is 32.2. The molecule has 0 aliphatic rings. The van der Waals surface area contributed by atoms with E-state index >= 15 is 0 Å². The molecule has 2 aromatic carbocycles. The summed E-state index contributed by atoms with van der Waals surface area (Å²) in [6.45, 7) is 0. The maximum absolute atomic E-state index is 11.3. The van der Waals surface area contributed by atoms with E-state index in [0.29, 0.717) is 10.8 Å². The molecular weight excluding hydrogens is 320 g/mol. The Morgan fingerprint density at radius 1 is 0.857 bits per heavy atom. The largest absolute Gasteiger partial charge is 0.455 e. The number of para-hydroxylation sites is 1. The van der Waals surface area contributed by atoms with E-state index in [1.807, 2.05) is 0 Å². The Morgan fingerprint density at radius 3 is 2.19 bits per heavy atom. The number of furan rings is 1. The van der Waals surface area contributed by atoms with Crippen molar-refractivity contribution < 1.29 is 30.4 Å². The van der Waals surface area contributed by atoms with E-state index in [4.69, 9.17) is 8.97 Å². The van der Waals surface area contributed by atoms with Crippen LogP contribution in [0.5, 0.6) is 0 Å². The second kappa shape index (κ2) is 4.28. The lowest BCUT2D eigenvalue weighted by atomic mass is 10.1. The summed E-state index contributed by atoms with van der Waals surface area (Å²) >= 11 is 0. The van der Waals surface area contributed by atoms with Crippen molar-refractivity contribution in [1.29, 1.82) is 0 Å².